The fourth-order valence-corrected chi connectivity index (χ4v) is 9.73. The number of nitrogens with zero attached hydrogens (tertiary/aromatic N) is 1. The van der Waals surface area contributed by atoms with Gasteiger partial charge in [-0.05, 0) is 75.2 Å². The van der Waals surface area contributed by atoms with Gasteiger partial charge in [0.15, 0.2) is 8.32 Å². The van der Waals surface area contributed by atoms with E-state index in [2.05, 4.69) is 40.7 Å². The van der Waals surface area contributed by atoms with Gasteiger partial charge in [-0.2, -0.15) is 0 Å². The molecule has 1 amide bonds. The fourth-order valence-electron chi connectivity index (χ4n) is 6.83. The summed E-state index contributed by atoms with van der Waals surface area (Å²) in [6.07, 6.45) is 9.82. The number of ether oxygens (including phenoxy) is 4. The highest BCUT2D eigenvalue weighted by Crippen LogP contribution is 2.37. The number of carbonyl (C=O) groups is 3. The Bertz CT molecular complexity index is 1190. The van der Waals surface area contributed by atoms with Gasteiger partial charge >= 0.3 is 18.0 Å². The number of rotatable bonds is 15. The normalized spacial score (nSPS) is 30.0. The van der Waals surface area contributed by atoms with Gasteiger partial charge in [0.05, 0.1) is 24.7 Å². The molecular formula is C39H67NO9Si. The van der Waals surface area contributed by atoms with Crippen LogP contribution in [0.25, 0.3) is 0 Å². The smallest absolute Gasteiger partial charge is 0.409 e. The van der Waals surface area contributed by atoms with Crippen molar-refractivity contribution in [2.75, 3.05) is 14.1 Å². The van der Waals surface area contributed by atoms with Crippen LogP contribution >= 0.6 is 0 Å². The van der Waals surface area contributed by atoms with Crippen molar-refractivity contribution >= 4 is 26.3 Å². The van der Waals surface area contributed by atoms with Crippen molar-refractivity contribution in [1.29, 1.82) is 0 Å². The number of epoxide rings is 1. The van der Waals surface area contributed by atoms with Crippen LogP contribution in [0, 0.1) is 17.8 Å². The maximum atomic E-state index is 13.5. The highest BCUT2D eigenvalue weighted by molar-refractivity contribution is 6.73. The van der Waals surface area contributed by atoms with E-state index in [1.807, 2.05) is 39.0 Å². The first kappa shape index (κ1) is 43.7. The number of hydrogen-bond acceptors (Lipinski definition) is 9. The lowest BCUT2D eigenvalue weighted by molar-refractivity contribution is -0.157. The number of cyclic esters (lactones) is 1. The van der Waals surface area contributed by atoms with Gasteiger partial charge in [0.2, 0.25) is 0 Å². The average molecular weight is 722 g/mol. The Morgan fingerprint density at radius 3 is 2.32 bits per heavy atom. The molecule has 50 heavy (non-hydrogen) atoms. The molecule has 0 aromatic rings. The summed E-state index contributed by atoms with van der Waals surface area (Å²) < 4.78 is 30.2. The van der Waals surface area contributed by atoms with E-state index in [-0.39, 0.29) is 54.5 Å². The van der Waals surface area contributed by atoms with Gasteiger partial charge in [-0.1, -0.05) is 72.8 Å². The zero-order valence-corrected chi connectivity index (χ0v) is 33.9. The highest BCUT2D eigenvalue weighted by Gasteiger charge is 2.46. The molecule has 0 radical (unpaired) electrons. The molecule has 10 nitrogen and oxygen atoms in total. The van der Waals surface area contributed by atoms with Crippen molar-refractivity contribution < 1.29 is 42.9 Å². The molecule has 0 bridgehead atoms. The number of amides is 1. The van der Waals surface area contributed by atoms with Crippen LogP contribution in [0.15, 0.2) is 36.0 Å². The predicted molar refractivity (Wildman–Crippen MR) is 199 cm³/mol. The summed E-state index contributed by atoms with van der Waals surface area (Å²) in [5.74, 6) is -0.751. The number of hydrogen-bond donors (Lipinski definition) is 1. The summed E-state index contributed by atoms with van der Waals surface area (Å²) in [6.45, 7) is 19.6. The Morgan fingerprint density at radius 2 is 1.76 bits per heavy atom. The molecule has 11 heteroatoms. The summed E-state index contributed by atoms with van der Waals surface area (Å²) in [4.78, 5) is 39.1. The molecule has 2 aliphatic heterocycles. The first-order valence-corrected chi connectivity index (χ1v) is 21.3. The highest BCUT2D eigenvalue weighted by atomic mass is 28.4. The second-order valence-electron chi connectivity index (χ2n) is 15.0. The second kappa shape index (κ2) is 19.9. The Morgan fingerprint density at radius 1 is 1.12 bits per heavy atom. The van der Waals surface area contributed by atoms with Crippen molar-refractivity contribution in [3.05, 3.63) is 36.0 Å². The number of esters is 2. The molecular weight excluding hydrogens is 655 g/mol. The third-order valence-corrected chi connectivity index (χ3v) is 15.2. The molecule has 0 aromatic carbocycles. The van der Waals surface area contributed by atoms with E-state index in [4.69, 9.17) is 23.4 Å². The second-order valence-corrected chi connectivity index (χ2v) is 19.7. The Balaban J connectivity index is 2.23. The topological polar surface area (TPSA) is 124 Å². The standard InChI is InChI=1S/C39H67NO9Si/c1-13-32(47-38(43)40(11)12)29(8)37-33(46-37)24-26(5)18-17-19-27(6)36-28(7)20-21-34(45-30(9)41)39(10,44)23-22-31(25-35(42)48-36)49-50(14-2,15-3)16-4/h17-21,26,28-29,31-34,36-37,44H,13-16,22-25H2,1-12H3. The Kier molecular flexibility index (Phi) is 17.4. The van der Waals surface area contributed by atoms with E-state index in [9.17, 15) is 19.5 Å². The molecule has 0 spiro atoms. The first-order chi connectivity index (χ1) is 23.4. The van der Waals surface area contributed by atoms with E-state index in [0.717, 1.165) is 36.5 Å². The zero-order chi connectivity index (χ0) is 37.8. The number of aliphatic hydroxyl groups is 1. The molecule has 286 valence electrons. The van der Waals surface area contributed by atoms with Crippen molar-refractivity contribution in [3.8, 4) is 0 Å². The predicted octanol–water partition coefficient (Wildman–Crippen LogP) is 7.76. The molecule has 1 fully saturated rings. The van der Waals surface area contributed by atoms with E-state index < -0.39 is 38.2 Å². The lowest BCUT2D eigenvalue weighted by Gasteiger charge is -2.36. The van der Waals surface area contributed by atoms with Crippen LogP contribution in [0.1, 0.15) is 101 Å². The lowest BCUT2D eigenvalue weighted by atomic mass is 9.88. The molecule has 0 saturated carbocycles. The van der Waals surface area contributed by atoms with Crippen LogP contribution in [-0.4, -0.2) is 92.7 Å². The van der Waals surface area contributed by atoms with Crippen molar-refractivity contribution in [3.63, 3.8) is 0 Å². The monoisotopic (exact) mass is 721 g/mol. The van der Waals surface area contributed by atoms with Gasteiger partial charge in [-0.15, -0.1) is 0 Å². The van der Waals surface area contributed by atoms with Crippen LogP contribution in [0.2, 0.25) is 18.1 Å². The van der Waals surface area contributed by atoms with Gasteiger partial charge in [-0.3, -0.25) is 9.59 Å². The minimum atomic E-state index is -2.07. The first-order valence-electron chi connectivity index (χ1n) is 18.8. The number of carbonyl (C=O) groups excluding carboxylic acids is 3. The summed E-state index contributed by atoms with van der Waals surface area (Å²) in [7, 11) is 1.29. The zero-order valence-electron chi connectivity index (χ0n) is 32.9. The van der Waals surface area contributed by atoms with Crippen LogP contribution in [0.4, 0.5) is 4.79 Å². The molecule has 0 aromatic heterocycles. The molecule has 1 saturated heterocycles. The van der Waals surface area contributed by atoms with E-state index in [0.29, 0.717) is 12.8 Å². The fraction of sp³-hybridized carbons (Fsp3) is 0.769. The maximum absolute atomic E-state index is 13.5. The summed E-state index contributed by atoms with van der Waals surface area (Å²) in [5.41, 5.74) is -0.483. The summed E-state index contributed by atoms with van der Waals surface area (Å²) >= 11 is 0. The third kappa shape index (κ3) is 13.3. The van der Waals surface area contributed by atoms with Gasteiger partial charge in [0.1, 0.15) is 23.9 Å². The van der Waals surface area contributed by atoms with Gasteiger partial charge in [0.25, 0.3) is 0 Å². The Hall–Kier alpha value is -2.47. The quantitative estimate of drug-likeness (QED) is 0.0451. The van der Waals surface area contributed by atoms with E-state index >= 15 is 0 Å². The molecule has 2 rings (SSSR count). The van der Waals surface area contributed by atoms with Crippen LogP contribution in [-0.2, 0) is 33.0 Å². The molecule has 1 N–H and O–H groups in total. The van der Waals surface area contributed by atoms with Crippen molar-refractivity contribution in [2.45, 2.75) is 162 Å². The van der Waals surface area contributed by atoms with Crippen LogP contribution in [0.3, 0.4) is 0 Å². The third-order valence-electron chi connectivity index (χ3n) is 10.5. The Labute approximate surface area is 303 Å². The largest absolute Gasteiger partial charge is 0.457 e. The van der Waals surface area contributed by atoms with E-state index in [1.54, 1.807) is 27.1 Å². The minimum absolute atomic E-state index is 0.0514. The average Bonchev–Trinajstić information content (AvgIpc) is 3.83. The van der Waals surface area contributed by atoms with Gasteiger partial charge < -0.3 is 33.4 Å². The van der Waals surface area contributed by atoms with E-state index in [1.165, 1.54) is 11.8 Å². The summed E-state index contributed by atoms with van der Waals surface area (Å²) in [5, 5.41) is 11.5. The van der Waals surface area contributed by atoms with Crippen LogP contribution in [0.5, 0.6) is 0 Å². The van der Waals surface area contributed by atoms with Crippen LogP contribution < -0.4 is 0 Å². The SMILES string of the molecule is CCC(OC(=O)N(C)C)C(C)C1OC1CC(C)C=CC=C(C)C1OC(=O)CC(O[Si](CC)(CC)CC)CCC(C)(O)C(OC(C)=O)C=CC1C. The maximum Gasteiger partial charge on any atom is 0.409 e. The van der Waals surface area contributed by atoms with Crippen molar-refractivity contribution in [1.82, 2.24) is 4.90 Å². The molecule has 10 unspecified atom stereocenters. The molecule has 2 heterocycles. The number of allylic oxidation sites excluding steroid dienone is 3. The minimum Gasteiger partial charge on any atom is -0.457 e. The van der Waals surface area contributed by atoms with Gasteiger partial charge in [-0.25, -0.2) is 4.79 Å². The molecule has 0 aliphatic carbocycles. The lowest BCUT2D eigenvalue weighted by Crippen LogP contribution is -2.45. The van der Waals surface area contributed by atoms with Gasteiger partial charge in [0, 0.05) is 32.9 Å². The molecule has 10 atom stereocenters. The molecule has 2 aliphatic rings. The van der Waals surface area contributed by atoms with Crippen molar-refractivity contribution in [2.24, 2.45) is 17.8 Å². The summed E-state index contributed by atoms with van der Waals surface area (Å²) in [6, 6.07) is 2.81.